The van der Waals surface area contributed by atoms with Crippen LogP contribution in [0.1, 0.15) is 6.92 Å². The highest BCUT2D eigenvalue weighted by Gasteiger charge is 2.02. The summed E-state index contributed by atoms with van der Waals surface area (Å²) >= 11 is 1.67. The SMILES string of the molecule is CC1=CSN(C)N1. The number of hydrogen-bond acceptors (Lipinski definition) is 3. The van der Waals surface area contributed by atoms with Crippen molar-refractivity contribution in [3.8, 4) is 0 Å². The summed E-state index contributed by atoms with van der Waals surface area (Å²) in [5.41, 5.74) is 4.29. The summed E-state index contributed by atoms with van der Waals surface area (Å²) in [7, 11) is 1.98. The maximum atomic E-state index is 3.07. The molecular weight excluding hydrogens is 108 g/mol. The van der Waals surface area contributed by atoms with E-state index in [-0.39, 0.29) is 0 Å². The van der Waals surface area contributed by atoms with Crippen LogP contribution in [0.25, 0.3) is 0 Å². The quantitative estimate of drug-likeness (QED) is 0.474. The van der Waals surface area contributed by atoms with Crippen molar-refractivity contribution in [2.45, 2.75) is 6.92 Å². The third kappa shape index (κ3) is 1.11. The summed E-state index contributed by atoms with van der Waals surface area (Å²) < 4.78 is 1.95. The van der Waals surface area contributed by atoms with Crippen molar-refractivity contribution in [3.63, 3.8) is 0 Å². The molecule has 0 aromatic carbocycles. The zero-order chi connectivity index (χ0) is 5.28. The van der Waals surface area contributed by atoms with Crippen LogP contribution in [0.4, 0.5) is 0 Å². The fourth-order valence-electron chi connectivity index (χ4n) is 0.459. The predicted molar refractivity (Wildman–Crippen MR) is 32.2 cm³/mol. The lowest BCUT2D eigenvalue weighted by Gasteiger charge is -2.05. The van der Waals surface area contributed by atoms with Crippen molar-refractivity contribution in [1.29, 1.82) is 0 Å². The molecule has 40 valence electrons. The monoisotopic (exact) mass is 116 g/mol. The second kappa shape index (κ2) is 1.76. The van der Waals surface area contributed by atoms with Crippen LogP contribution in [-0.4, -0.2) is 11.5 Å². The Morgan fingerprint density at radius 2 is 2.57 bits per heavy atom. The van der Waals surface area contributed by atoms with E-state index in [0.717, 1.165) is 0 Å². The fraction of sp³-hybridized carbons (Fsp3) is 0.500. The van der Waals surface area contributed by atoms with Gasteiger partial charge in [0.2, 0.25) is 0 Å². The molecule has 0 saturated heterocycles. The predicted octanol–water partition coefficient (Wildman–Crippen LogP) is 0.946. The minimum Gasteiger partial charge on any atom is -0.313 e. The van der Waals surface area contributed by atoms with Crippen LogP contribution in [0.2, 0.25) is 0 Å². The normalized spacial score (nSPS) is 21.7. The van der Waals surface area contributed by atoms with Crippen LogP contribution in [0.5, 0.6) is 0 Å². The maximum absolute atomic E-state index is 3.07. The molecule has 1 N–H and O–H groups in total. The van der Waals surface area contributed by atoms with Crippen LogP contribution >= 0.6 is 11.9 Å². The van der Waals surface area contributed by atoms with Gasteiger partial charge >= 0.3 is 0 Å². The Labute approximate surface area is 47.7 Å². The van der Waals surface area contributed by atoms with Gasteiger partial charge in [-0.05, 0) is 18.9 Å². The molecule has 0 aromatic rings. The van der Waals surface area contributed by atoms with Gasteiger partial charge in [0, 0.05) is 18.2 Å². The molecule has 0 unspecified atom stereocenters. The Morgan fingerprint density at radius 3 is 2.71 bits per heavy atom. The molecule has 0 bridgehead atoms. The van der Waals surface area contributed by atoms with E-state index in [1.165, 1.54) is 5.70 Å². The molecule has 0 amide bonds. The van der Waals surface area contributed by atoms with E-state index >= 15 is 0 Å². The minimum atomic E-state index is 1.22. The summed E-state index contributed by atoms with van der Waals surface area (Å²) in [4.78, 5) is 0. The Balaban J connectivity index is 2.42. The third-order valence-corrected chi connectivity index (χ3v) is 1.59. The van der Waals surface area contributed by atoms with Crippen molar-refractivity contribution < 1.29 is 0 Å². The van der Waals surface area contributed by atoms with Crippen molar-refractivity contribution >= 4 is 11.9 Å². The molecule has 0 atom stereocenters. The van der Waals surface area contributed by atoms with Gasteiger partial charge in [0.25, 0.3) is 0 Å². The van der Waals surface area contributed by atoms with Crippen molar-refractivity contribution in [2.24, 2.45) is 0 Å². The Bertz CT molecular complexity index is 99.9. The van der Waals surface area contributed by atoms with Gasteiger partial charge in [0.05, 0.1) is 0 Å². The highest BCUT2D eigenvalue weighted by atomic mass is 32.2. The van der Waals surface area contributed by atoms with E-state index in [4.69, 9.17) is 0 Å². The number of nitrogens with zero attached hydrogens (tertiary/aromatic N) is 1. The Kier molecular flexibility index (Phi) is 1.25. The average molecular weight is 116 g/mol. The molecule has 7 heavy (non-hydrogen) atoms. The van der Waals surface area contributed by atoms with E-state index < -0.39 is 0 Å². The summed E-state index contributed by atoms with van der Waals surface area (Å²) in [6.45, 7) is 2.04. The first-order valence-electron chi connectivity index (χ1n) is 2.13. The number of hydrogen-bond donors (Lipinski definition) is 1. The molecule has 1 heterocycles. The zero-order valence-electron chi connectivity index (χ0n) is 4.43. The van der Waals surface area contributed by atoms with Gasteiger partial charge in [0.15, 0.2) is 0 Å². The lowest BCUT2D eigenvalue weighted by Crippen LogP contribution is -2.20. The molecule has 0 aliphatic carbocycles. The number of allylic oxidation sites excluding steroid dienone is 1. The first-order chi connectivity index (χ1) is 3.29. The van der Waals surface area contributed by atoms with Gasteiger partial charge < -0.3 is 5.43 Å². The zero-order valence-corrected chi connectivity index (χ0v) is 5.25. The number of rotatable bonds is 0. The van der Waals surface area contributed by atoms with Crippen LogP contribution in [0.15, 0.2) is 11.1 Å². The largest absolute Gasteiger partial charge is 0.313 e. The lowest BCUT2D eigenvalue weighted by molar-refractivity contribution is 0.484. The van der Waals surface area contributed by atoms with E-state index in [9.17, 15) is 0 Å². The smallest absolute Gasteiger partial charge is 0.0318 e. The average Bonchev–Trinajstić information content (AvgIpc) is 1.87. The van der Waals surface area contributed by atoms with Crippen molar-refractivity contribution in [3.05, 3.63) is 11.1 Å². The van der Waals surface area contributed by atoms with Crippen LogP contribution in [0, 0.1) is 0 Å². The number of nitrogens with one attached hydrogen (secondary N) is 1. The highest BCUT2D eigenvalue weighted by Crippen LogP contribution is 2.14. The van der Waals surface area contributed by atoms with Gasteiger partial charge in [-0.25, -0.2) is 0 Å². The molecule has 0 radical (unpaired) electrons. The highest BCUT2D eigenvalue weighted by molar-refractivity contribution is 8.00. The standard InChI is InChI=1S/C4H8N2S/c1-4-3-7-6(2)5-4/h3,5H,1-2H3. The Morgan fingerprint density at radius 1 is 1.86 bits per heavy atom. The third-order valence-electron chi connectivity index (χ3n) is 0.721. The van der Waals surface area contributed by atoms with Gasteiger partial charge in [-0.15, -0.1) is 0 Å². The molecular formula is C4H8N2S. The van der Waals surface area contributed by atoms with Gasteiger partial charge in [-0.1, -0.05) is 0 Å². The van der Waals surface area contributed by atoms with Gasteiger partial charge in [-0.2, -0.15) is 4.41 Å². The van der Waals surface area contributed by atoms with Gasteiger partial charge in [-0.3, -0.25) is 0 Å². The molecule has 0 fully saturated rings. The molecule has 2 nitrogen and oxygen atoms in total. The minimum absolute atomic E-state index is 1.22. The summed E-state index contributed by atoms with van der Waals surface area (Å²) in [6, 6.07) is 0. The topological polar surface area (TPSA) is 15.3 Å². The molecule has 0 aromatic heterocycles. The van der Waals surface area contributed by atoms with Gasteiger partial charge in [0.1, 0.15) is 0 Å². The van der Waals surface area contributed by atoms with Crippen LogP contribution in [0.3, 0.4) is 0 Å². The molecule has 1 aliphatic rings. The first kappa shape index (κ1) is 5.00. The lowest BCUT2D eigenvalue weighted by atomic mass is 10.6. The van der Waals surface area contributed by atoms with Crippen molar-refractivity contribution in [2.75, 3.05) is 7.05 Å². The summed E-state index contributed by atoms with van der Waals surface area (Å²) in [5, 5.41) is 2.07. The van der Waals surface area contributed by atoms with E-state index in [2.05, 4.69) is 10.8 Å². The number of hydrazine groups is 1. The van der Waals surface area contributed by atoms with Crippen LogP contribution < -0.4 is 5.43 Å². The molecule has 1 aliphatic heterocycles. The molecule has 1 rings (SSSR count). The fourth-order valence-corrected chi connectivity index (χ4v) is 1.02. The Hall–Kier alpha value is -0.150. The van der Waals surface area contributed by atoms with E-state index in [0.29, 0.717) is 0 Å². The van der Waals surface area contributed by atoms with E-state index in [1.54, 1.807) is 11.9 Å². The second-order valence-corrected chi connectivity index (χ2v) is 2.51. The molecule has 0 saturated carbocycles. The maximum Gasteiger partial charge on any atom is 0.0318 e. The van der Waals surface area contributed by atoms with Crippen LogP contribution in [-0.2, 0) is 0 Å². The summed E-state index contributed by atoms with van der Waals surface area (Å²) in [6.07, 6.45) is 0. The second-order valence-electron chi connectivity index (χ2n) is 1.52. The summed E-state index contributed by atoms with van der Waals surface area (Å²) in [5.74, 6) is 0. The van der Waals surface area contributed by atoms with Crippen molar-refractivity contribution in [1.82, 2.24) is 9.84 Å². The molecule has 0 spiro atoms. The molecule has 3 heteroatoms. The van der Waals surface area contributed by atoms with E-state index in [1.807, 2.05) is 18.4 Å². The first-order valence-corrected chi connectivity index (χ1v) is 2.96.